The second kappa shape index (κ2) is 10.7. The van der Waals surface area contributed by atoms with E-state index in [4.69, 9.17) is 9.47 Å². The molecule has 2 amide bonds. The van der Waals surface area contributed by atoms with Crippen molar-refractivity contribution in [2.24, 2.45) is 0 Å². The maximum Gasteiger partial charge on any atom is 0.308 e. The van der Waals surface area contributed by atoms with Crippen molar-refractivity contribution in [1.82, 2.24) is 5.32 Å². The lowest BCUT2D eigenvalue weighted by atomic mass is 10.1. The number of nitrogens with one attached hydrogen (secondary N) is 2. The lowest BCUT2D eigenvalue weighted by molar-refractivity contribution is -0.147. The second-order valence-corrected chi connectivity index (χ2v) is 5.97. The molecule has 0 spiro atoms. The molecule has 0 aliphatic heterocycles. The monoisotopic (exact) mass is 384 g/mol. The van der Waals surface area contributed by atoms with E-state index in [0.29, 0.717) is 17.0 Å². The molecule has 0 heterocycles. The fraction of sp³-hybridized carbons (Fsp3) is 0.286. The first-order chi connectivity index (χ1) is 13.5. The Kier molecular flexibility index (Phi) is 8.02. The zero-order chi connectivity index (χ0) is 20.4. The molecule has 0 aliphatic rings. The summed E-state index contributed by atoms with van der Waals surface area (Å²) < 4.78 is 10.0. The van der Waals surface area contributed by atoms with Crippen LogP contribution in [0.15, 0.2) is 48.5 Å². The second-order valence-electron chi connectivity index (χ2n) is 5.97. The highest BCUT2D eigenvalue weighted by atomic mass is 16.5. The number of para-hydroxylation sites is 1. The Labute approximate surface area is 164 Å². The minimum absolute atomic E-state index is 0.0423. The fourth-order valence-electron chi connectivity index (χ4n) is 2.44. The Hall–Kier alpha value is -3.35. The maximum absolute atomic E-state index is 12.1. The van der Waals surface area contributed by atoms with E-state index in [0.717, 1.165) is 6.42 Å². The van der Waals surface area contributed by atoms with Crippen molar-refractivity contribution in [3.8, 4) is 5.75 Å². The Bertz CT molecular complexity index is 818. The molecule has 148 valence electrons. The number of carbonyl (C=O) groups is 3. The van der Waals surface area contributed by atoms with Gasteiger partial charge in [0, 0.05) is 12.2 Å². The van der Waals surface area contributed by atoms with Crippen LogP contribution in [0.2, 0.25) is 0 Å². The molecule has 0 bridgehead atoms. The molecule has 7 heteroatoms. The van der Waals surface area contributed by atoms with Crippen LogP contribution in [0.1, 0.15) is 29.3 Å². The first-order valence-electron chi connectivity index (χ1n) is 8.99. The minimum Gasteiger partial charge on any atom is -0.496 e. The summed E-state index contributed by atoms with van der Waals surface area (Å²) in [5.74, 6) is -0.891. The number of amides is 2. The minimum atomic E-state index is -0.572. The average Bonchev–Trinajstić information content (AvgIpc) is 2.72. The van der Waals surface area contributed by atoms with Gasteiger partial charge in [0.15, 0.2) is 6.61 Å². The van der Waals surface area contributed by atoms with Gasteiger partial charge in [-0.1, -0.05) is 31.2 Å². The predicted octanol–water partition coefficient (Wildman–Crippen LogP) is 2.56. The number of hydrogen-bond acceptors (Lipinski definition) is 5. The van der Waals surface area contributed by atoms with Gasteiger partial charge in [0.2, 0.25) is 0 Å². The highest BCUT2D eigenvalue weighted by Gasteiger charge is 2.12. The standard InChI is InChI=1S/C21H24N2O5/c1-3-15-8-10-16(11-9-15)23-19(24)14-28-20(25)12-13-22-21(26)17-6-4-5-7-18(17)27-2/h4-11H,3,12-14H2,1-2H3,(H,22,26)(H,23,24). The van der Waals surface area contributed by atoms with Crippen LogP contribution in [-0.4, -0.2) is 38.0 Å². The van der Waals surface area contributed by atoms with Gasteiger partial charge in [-0.05, 0) is 36.2 Å². The summed E-state index contributed by atoms with van der Waals surface area (Å²) in [4.78, 5) is 35.7. The van der Waals surface area contributed by atoms with E-state index < -0.39 is 11.9 Å². The molecule has 0 atom stereocenters. The molecular weight excluding hydrogens is 360 g/mol. The molecule has 0 aromatic heterocycles. The third-order valence-electron chi connectivity index (χ3n) is 3.98. The number of methoxy groups -OCH3 is 1. The summed E-state index contributed by atoms with van der Waals surface area (Å²) in [6.45, 7) is 1.76. The van der Waals surface area contributed by atoms with Crippen LogP contribution in [-0.2, 0) is 20.7 Å². The lowest BCUT2D eigenvalue weighted by Crippen LogP contribution is -2.28. The van der Waals surface area contributed by atoms with Gasteiger partial charge in [-0.2, -0.15) is 0 Å². The number of anilines is 1. The van der Waals surface area contributed by atoms with Crippen molar-refractivity contribution in [1.29, 1.82) is 0 Å². The molecule has 0 unspecified atom stereocenters. The number of esters is 1. The summed E-state index contributed by atoms with van der Waals surface area (Å²) in [7, 11) is 1.48. The Morgan fingerprint density at radius 1 is 1.00 bits per heavy atom. The van der Waals surface area contributed by atoms with E-state index in [1.54, 1.807) is 36.4 Å². The van der Waals surface area contributed by atoms with Gasteiger partial charge in [-0.15, -0.1) is 0 Å². The molecule has 0 saturated heterocycles. The van der Waals surface area contributed by atoms with E-state index in [1.165, 1.54) is 12.7 Å². The molecule has 2 rings (SSSR count). The summed E-state index contributed by atoms with van der Waals surface area (Å²) in [6.07, 6.45) is 0.874. The topological polar surface area (TPSA) is 93.7 Å². The lowest BCUT2D eigenvalue weighted by Gasteiger charge is -2.09. The van der Waals surface area contributed by atoms with Crippen LogP contribution >= 0.6 is 0 Å². The van der Waals surface area contributed by atoms with Crippen molar-refractivity contribution in [2.75, 3.05) is 25.6 Å². The number of hydrogen-bond donors (Lipinski definition) is 2. The molecule has 7 nitrogen and oxygen atoms in total. The third kappa shape index (κ3) is 6.42. The zero-order valence-corrected chi connectivity index (χ0v) is 16.0. The number of aryl methyl sites for hydroxylation is 1. The highest BCUT2D eigenvalue weighted by Crippen LogP contribution is 2.16. The average molecular weight is 384 g/mol. The van der Waals surface area contributed by atoms with E-state index >= 15 is 0 Å². The Balaban J connectivity index is 1.69. The number of carbonyl (C=O) groups excluding carboxylic acids is 3. The van der Waals surface area contributed by atoms with Crippen molar-refractivity contribution in [2.45, 2.75) is 19.8 Å². The van der Waals surface area contributed by atoms with Gasteiger partial charge < -0.3 is 20.1 Å². The largest absolute Gasteiger partial charge is 0.496 e. The molecule has 0 fully saturated rings. The Morgan fingerprint density at radius 2 is 1.71 bits per heavy atom. The predicted molar refractivity (Wildman–Crippen MR) is 105 cm³/mol. The van der Waals surface area contributed by atoms with Crippen LogP contribution in [0.25, 0.3) is 0 Å². The Morgan fingerprint density at radius 3 is 2.39 bits per heavy atom. The molecular formula is C21H24N2O5. The highest BCUT2D eigenvalue weighted by molar-refractivity contribution is 5.97. The van der Waals surface area contributed by atoms with Gasteiger partial charge in [0.05, 0.1) is 19.1 Å². The van der Waals surface area contributed by atoms with Crippen molar-refractivity contribution < 1.29 is 23.9 Å². The smallest absolute Gasteiger partial charge is 0.308 e. The fourth-order valence-corrected chi connectivity index (χ4v) is 2.44. The number of ether oxygens (including phenoxy) is 2. The SMILES string of the molecule is CCc1ccc(NC(=O)COC(=O)CCNC(=O)c2ccccc2OC)cc1. The van der Waals surface area contributed by atoms with Crippen LogP contribution in [0.4, 0.5) is 5.69 Å². The molecule has 2 aromatic rings. The first-order valence-corrected chi connectivity index (χ1v) is 8.99. The van der Waals surface area contributed by atoms with E-state index in [2.05, 4.69) is 10.6 Å². The zero-order valence-electron chi connectivity index (χ0n) is 16.0. The summed E-state index contributed by atoms with van der Waals surface area (Å²) in [5.41, 5.74) is 2.19. The van der Waals surface area contributed by atoms with E-state index in [1.807, 2.05) is 19.1 Å². The van der Waals surface area contributed by atoms with Crippen LogP contribution < -0.4 is 15.4 Å². The molecule has 28 heavy (non-hydrogen) atoms. The van der Waals surface area contributed by atoms with E-state index in [9.17, 15) is 14.4 Å². The molecule has 0 radical (unpaired) electrons. The maximum atomic E-state index is 12.1. The third-order valence-corrected chi connectivity index (χ3v) is 3.98. The molecule has 0 saturated carbocycles. The number of benzene rings is 2. The van der Waals surface area contributed by atoms with Crippen LogP contribution in [0.5, 0.6) is 5.75 Å². The van der Waals surface area contributed by atoms with Gasteiger partial charge in [0.1, 0.15) is 5.75 Å². The molecule has 2 N–H and O–H groups in total. The van der Waals surface area contributed by atoms with E-state index in [-0.39, 0.29) is 25.5 Å². The van der Waals surface area contributed by atoms with Crippen LogP contribution in [0.3, 0.4) is 0 Å². The summed E-state index contributed by atoms with van der Waals surface area (Å²) >= 11 is 0. The number of rotatable bonds is 9. The molecule has 2 aromatic carbocycles. The van der Waals surface area contributed by atoms with Gasteiger partial charge >= 0.3 is 5.97 Å². The summed E-state index contributed by atoms with van der Waals surface area (Å²) in [5, 5.41) is 5.28. The van der Waals surface area contributed by atoms with Crippen LogP contribution in [0, 0.1) is 0 Å². The van der Waals surface area contributed by atoms with Crippen molar-refractivity contribution in [3.05, 3.63) is 59.7 Å². The van der Waals surface area contributed by atoms with Crippen molar-refractivity contribution >= 4 is 23.5 Å². The van der Waals surface area contributed by atoms with Gasteiger partial charge in [-0.25, -0.2) is 0 Å². The van der Waals surface area contributed by atoms with Gasteiger partial charge in [0.25, 0.3) is 11.8 Å². The first kappa shape index (κ1) is 21.0. The summed E-state index contributed by atoms with van der Waals surface area (Å²) in [6, 6.07) is 14.2. The quantitative estimate of drug-likeness (QED) is 0.648. The van der Waals surface area contributed by atoms with Crippen molar-refractivity contribution in [3.63, 3.8) is 0 Å². The molecule has 0 aliphatic carbocycles. The van der Waals surface area contributed by atoms with Gasteiger partial charge in [-0.3, -0.25) is 14.4 Å². The normalized spacial score (nSPS) is 10.1.